The van der Waals surface area contributed by atoms with E-state index in [1.807, 2.05) is 0 Å². The SMILES string of the molecule is CCNC1c2cc(C(C)(C)C)ccc2OC1C. The largest absolute Gasteiger partial charge is 0.488 e. The van der Waals surface area contributed by atoms with Gasteiger partial charge >= 0.3 is 0 Å². The van der Waals surface area contributed by atoms with E-state index in [9.17, 15) is 0 Å². The quantitative estimate of drug-likeness (QED) is 0.845. The fourth-order valence-electron chi connectivity index (χ4n) is 2.38. The second-order valence-electron chi connectivity index (χ2n) is 5.86. The molecule has 0 spiro atoms. The average Bonchev–Trinajstić information content (AvgIpc) is 2.54. The van der Waals surface area contributed by atoms with Crippen molar-refractivity contribution in [1.82, 2.24) is 5.32 Å². The van der Waals surface area contributed by atoms with Gasteiger partial charge in [-0.2, -0.15) is 0 Å². The molecule has 94 valence electrons. The van der Waals surface area contributed by atoms with Crippen LogP contribution < -0.4 is 10.1 Å². The molecule has 0 fully saturated rings. The van der Waals surface area contributed by atoms with Gasteiger partial charge in [-0.1, -0.05) is 33.8 Å². The van der Waals surface area contributed by atoms with E-state index in [4.69, 9.17) is 4.74 Å². The van der Waals surface area contributed by atoms with E-state index in [2.05, 4.69) is 58.1 Å². The molecule has 2 unspecified atom stereocenters. The molecule has 0 radical (unpaired) electrons. The van der Waals surface area contributed by atoms with Crippen LogP contribution in [0.3, 0.4) is 0 Å². The van der Waals surface area contributed by atoms with Gasteiger partial charge in [0.1, 0.15) is 11.9 Å². The number of likely N-dealkylation sites (N-methyl/N-ethyl adjacent to an activating group) is 1. The predicted octanol–water partition coefficient (Wildman–Crippen LogP) is 3.42. The van der Waals surface area contributed by atoms with Gasteiger partial charge in [-0.25, -0.2) is 0 Å². The Balaban J connectivity index is 2.38. The summed E-state index contributed by atoms with van der Waals surface area (Å²) in [5, 5.41) is 3.50. The first-order chi connectivity index (χ1) is 7.93. The molecule has 0 saturated heterocycles. The first-order valence-electron chi connectivity index (χ1n) is 6.48. The van der Waals surface area contributed by atoms with Gasteiger partial charge in [-0.3, -0.25) is 0 Å². The van der Waals surface area contributed by atoms with Crippen molar-refractivity contribution in [1.29, 1.82) is 0 Å². The molecule has 1 N–H and O–H groups in total. The van der Waals surface area contributed by atoms with Crippen molar-refractivity contribution in [2.24, 2.45) is 0 Å². The highest BCUT2D eigenvalue weighted by atomic mass is 16.5. The van der Waals surface area contributed by atoms with Crippen LogP contribution in [0.1, 0.15) is 51.8 Å². The fraction of sp³-hybridized carbons (Fsp3) is 0.600. The van der Waals surface area contributed by atoms with Crippen LogP contribution in [0, 0.1) is 0 Å². The summed E-state index contributed by atoms with van der Waals surface area (Å²) in [6.45, 7) is 12.0. The third kappa shape index (κ3) is 2.32. The van der Waals surface area contributed by atoms with E-state index in [-0.39, 0.29) is 11.5 Å². The Morgan fingerprint density at radius 1 is 1.29 bits per heavy atom. The zero-order valence-corrected chi connectivity index (χ0v) is 11.5. The maximum atomic E-state index is 5.88. The minimum atomic E-state index is 0.192. The van der Waals surface area contributed by atoms with E-state index < -0.39 is 0 Å². The minimum absolute atomic E-state index is 0.192. The van der Waals surface area contributed by atoms with Crippen LogP contribution in [0.15, 0.2) is 18.2 Å². The van der Waals surface area contributed by atoms with Gasteiger partial charge in [-0.15, -0.1) is 0 Å². The number of hydrogen-bond acceptors (Lipinski definition) is 2. The molecule has 1 heterocycles. The second-order valence-corrected chi connectivity index (χ2v) is 5.86. The number of ether oxygens (including phenoxy) is 1. The molecule has 0 aromatic heterocycles. The molecule has 1 aliphatic rings. The monoisotopic (exact) mass is 233 g/mol. The van der Waals surface area contributed by atoms with Gasteiger partial charge in [0.05, 0.1) is 6.04 Å². The number of fused-ring (bicyclic) bond motifs is 1. The zero-order chi connectivity index (χ0) is 12.6. The van der Waals surface area contributed by atoms with Crippen molar-refractivity contribution < 1.29 is 4.74 Å². The first-order valence-corrected chi connectivity index (χ1v) is 6.48. The number of rotatable bonds is 2. The summed E-state index contributed by atoms with van der Waals surface area (Å²) in [4.78, 5) is 0. The molecule has 2 rings (SSSR count). The number of hydrogen-bond donors (Lipinski definition) is 1. The third-order valence-electron chi connectivity index (χ3n) is 3.42. The van der Waals surface area contributed by atoms with Gasteiger partial charge in [-0.05, 0) is 36.6 Å². The summed E-state index contributed by atoms with van der Waals surface area (Å²) < 4.78 is 5.88. The molecule has 0 aliphatic carbocycles. The summed E-state index contributed by atoms with van der Waals surface area (Å²) in [5.41, 5.74) is 2.88. The molecule has 2 heteroatoms. The van der Waals surface area contributed by atoms with Crippen molar-refractivity contribution in [3.8, 4) is 5.75 Å². The Hall–Kier alpha value is -1.02. The molecule has 1 aliphatic heterocycles. The Labute approximate surface area is 104 Å². The normalized spacial score (nSPS) is 23.4. The standard InChI is InChI=1S/C15H23NO/c1-6-16-14-10(2)17-13-8-7-11(9-12(13)14)15(3,4)5/h7-10,14,16H,6H2,1-5H3. The maximum absolute atomic E-state index is 5.88. The van der Waals surface area contributed by atoms with Crippen LogP contribution in [0.5, 0.6) is 5.75 Å². The van der Waals surface area contributed by atoms with E-state index in [1.54, 1.807) is 0 Å². The molecule has 2 nitrogen and oxygen atoms in total. The summed E-state index contributed by atoms with van der Waals surface area (Å²) in [6, 6.07) is 6.92. The topological polar surface area (TPSA) is 21.3 Å². The highest BCUT2D eigenvalue weighted by Crippen LogP contribution is 2.39. The molecular formula is C15H23NO. The van der Waals surface area contributed by atoms with Gasteiger partial charge in [0, 0.05) is 5.56 Å². The number of nitrogens with one attached hydrogen (secondary N) is 1. The Morgan fingerprint density at radius 2 is 2.00 bits per heavy atom. The van der Waals surface area contributed by atoms with Crippen LogP contribution >= 0.6 is 0 Å². The lowest BCUT2D eigenvalue weighted by Crippen LogP contribution is -2.28. The van der Waals surface area contributed by atoms with Crippen molar-refractivity contribution in [2.45, 2.75) is 52.2 Å². The van der Waals surface area contributed by atoms with Gasteiger partial charge in [0.2, 0.25) is 0 Å². The second kappa shape index (κ2) is 4.34. The Morgan fingerprint density at radius 3 is 2.59 bits per heavy atom. The predicted molar refractivity (Wildman–Crippen MR) is 71.6 cm³/mol. The number of benzene rings is 1. The fourth-order valence-corrected chi connectivity index (χ4v) is 2.38. The Bertz CT molecular complexity index is 406. The van der Waals surface area contributed by atoms with Crippen LogP contribution in [0.25, 0.3) is 0 Å². The van der Waals surface area contributed by atoms with Gasteiger partial charge in [0.25, 0.3) is 0 Å². The van der Waals surface area contributed by atoms with Crippen molar-refractivity contribution in [2.75, 3.05) is 6.54 Å². The highest BCUT2D eigenvalue weighted by Gasteiger charge is 2.31. The molecule has 1 aromatic rings. The van der Waals surface area contributed by atoms with E-state index in [0.717, 1.165) is 12.3 Å². The summed E-state index contributed by atoms with van der Waals surface area (Å²) in [5.74, 6) is 1.04. The molecule has 2 atom stereocenters. The van der Waals surface area contributed by atoms with Crippen molar-refractivity contribution >= 4 is 0 Å². The average molecular weight is 233 g/mol. The third-order valence-corrected chi connectivity index (χ3v) is 3.42. The lowest BCUT2D eigenvalue weighted by molar-refractivity contribution is 0.211. The minimum Gasteiger partial charge on any atom is -0.488 e. The summed E-state index contributed by atoms with van der Waals surface area (Å²) in [7, 11) is 0. The van der Waals surface area contributed by atoms with Crippen LogP contribution in [0.2, 0.25) is 0 Å². The molecule has 0 saturated carbocycles. The molecule has 1 aromatic carbocycles. The van der Waals surface area contributed by atoms with Crippen LogP contribution in [-0.4, -0.2) is 12.6 Å². The smallest absolute Gasteiger partial charge is 0.124 e. The first kappa shape index (κ1) is 12.4. The van der Waals surface area contributed by atoms with Crippen LogP contribution in [0.4, 0.5) is 0 Å². The van der Waals surface area contributed by atoms with E-state index in [1.165, 1.54) is 11.1 Å². The van der Waals surface area contributed by atoms with Crippen molar-refractivity contribution in [3.63, 3.8) is 0 Å². The summed E-state index contributed by atoms with van der Waals surface area (Å²) >= 11 is 0. The van der Waals surface area contributed by atoms with Crippen molar-refractivity contribution in [3.05, 3.63) is 29.3 Å². The highest BCUT2D eigenvalue weighted by molar-refractivity contribution is 5.45. The van der Waals surface area contributed by atoms with Crippen LogP contribution in [-0.2, 0) is 5.41 Å². The Kier molecular flexibility index (Phi) is 3.17. The lowest BCUT2D eigenvalue weighted by atomic mass is 9.85. The molecule has 17 heavy (non-hydrogen) atoms. The maximum Gasteiger partial charge on any atom is 0.124 e. The molecular weight excluding hydrogens is 210 g/mol. The summed E-state index contributed by atoms with van der Waals surface area (Å²) in [6.07, 6.45) is 0.222. The lowest BCUT2D eigenvalue weighted by Gasteiger charge is -2.21. The molecule has 0 amide bonds. The molecule has 0 bridgehead atoms. The van der Waals surface area contributed by atoms with Gasteiger partial charge in [0.15, 0.2) is 0 Å². The van der Waals surface area contributed by atoms with E-state index in [0.29, 0.717) is 6.04 Å². The van der Waals surface area contributed by atoms with E-state index >= 15 is 0 Å². The zero-order valence-electron chi connectivity index (χ0n) is 11.5. The van der Waals surface area contributed by atoms with Gasteiger partial charge < -0.3 is 10.1 Å².